The van der Waals surface area contributed by atoms with E-state index in [4.69, 9.17) is 10.4 Å². The summed E-state index contributed by atoms with van der Waals surface area (Å²) < 4.78 is 0. The summed E-state index contributed by atoms with van der Waals surface area (Å²) in [6.07, 6.45) is 1.96. The molecule has 0 aliphatic heterocycles. The Hall–Kier alpha value is -7.35. The standard InChI is InChI=1S/C52H38N4/c1-52(2)48-28-34(32-53)16-26-45(48)46-27-25-42(31-49(46)52)39-23-19-37(20-24-39)36-17-21-38(22-18-36)41-14-9-15-43(29-41)50(54)56-51-47(40-12-7-4-8-13-40)30-44(33-55-51)35-10-5-3-6-11-35/h3-31,33H,1-2H3,(H2,54,55,56). The number of aromatic amines is 1. The number of hydrogen-bond donors (Lipinski definition) is 2. The molecule has 0 atom stereocenters. The van der Waals surface area contributed by atoms with Crippen LogP contribution in [0.2, 0.25) is 0 Å². The van der Waals surface area contributed by atoms with Crippen LogP contribution in [0.1, 0.15) is 36.1 Å². The van der Waals surface area contributed by atoms with Crippen molar-refractivity contribution in [2.24, 2.45) is 4.99 Å². The van der Waals surface area contributed by atoms with Crippen LogP contribution in [0.3, 0.4) is 0 Å². The average Bonchev–Trinajstić information content (AvgIpc) is 3.49. The maximum Gasteiger partial charge on any atom is 0.154 e. The highest BCUT2D eigenvalue weighted by Gasteiger charge is 2.35. The van der Waals surface area contributed by atoms with E-state index in [1.165, 1.54) is 33.4 Å². The molecule has 266 valence electrons. The van der Waals surface area contributed by atoms with Crippen molar-refractivity contribution in [3.8, 4) is 72.8 Å². The van der Waals surface area contributed by atoms with Crippen molar-refractivity contribution >= 4 is 5.84 Å². The zero-order chi connectivity index (χ0) is 38.2. The first-order valence-corrected chi connectivity index (χ1v) is 18.8. The number of pyridine rings is 1. The van der Waals surface area contributed by atoms with Gasteiger partial charge in [-0.1, -0.05) is 159 Å². The van der Waals surface area contributed by atoms with Gasteiger partial charge in [-0.15, -0.1) is 0 Å². The van der Waals surface area contributed by atoms with E-state index in [9.17, 15) is 5.26 Å². The summed E-state index contributed by atoms with van der Waals surface area (Å²) in [5, 5.41) is 18.5. The Balaban J connectivity index is 0.950. The third-order valence-electron chi connectivity index (χ3n) is 11.0. The van der Waals surface area contributed by atoms with E-state index in [2.05, 4.69) is 134 Å². The SMILES string of the molecule is CC1(C)c2cc(C#N)ccc2-c2ccc(-c3ccc(-c4ccc(-c5cccc(C(=N)/N=c6\[nH]cc(-c7ccccc7)cc6-c6ccccc6)c5)cc4)cc3)cc21. The predicted octanol–water partition coefficient (Wildman–Crippen LogP) is 12.5. The number of H-pyrrole nitrogens is 1. The van der Waals surface area contributed by atoms with Gasteiger partial charge in [-0.3, -0.25) is 5.41 Å². The van der Waals surface area contributed by atoms with E-state index in [1.54, 1.807) is 0 Å². The fourth-order valence-corrected chi connectivity index (χ4v) is 7.94. The van der Waals surface area contributed by atoms with Crippen molar-refractivity contribution < 1.29 is 0 Å². The van der Waals surface area contributed by atoms with Gasteiger partial charge in [0.15, 0.2) is 5.84 Å². The molecule has 1 aromatic heterocycles. The zero-order valence-electron chi connectivity index (χ0n) is 31.2. The van der Waals surface area contributed by atoms with Crippen LogP contribution in [0.4, 0.5) is 0 Å². The van der Waals surface area contributed by atoms with Crippen LogP contribution in [0.5, 0.6) is 0 Å². The first-order valence-electron chi connectivity index (χ1n) is 18.8. The van der Waals surface area contributed by atoms with Gasteiger partial charge in [0.1, 0.15) is 5.49 Å². The Kier molecular flexibility index (Phi) is 8.69. The smallest absolute Gasteiger partial charge is 0.154 e. The molecule has 0 radical (unpaired) electrons. The second-order valence-corrected chi connectivity index (χ2v) is 14.8. The number of benzene rings is 7. The minimum Gasteiger partial charge on any atom is -0.345 e. The van der Waals surface area contributed by atoms with Crippen LogP contribution in [-0.4, -0.2) is 10.8 Å². The Labute approximate surface area is 327 Å². The molecule has 8 aromatic rings. The van der Waals surface area contributed by atoms with Crippen molar-refractivity contribution in [3.05, 3.63) is 210 Å². The van der Waals surface area contributed by atoms with Gasteiger partial charge in [-0.2, -0.15) is 5.26 Å². The van der Waals surface area contributed by atoms with Crippen LogP contribution >= 0.6 is 0 Å². The van der Waals surface area contributed by atoms with Crippen LogP contribution in [0.25, 0.3) is 66.8 Å². The number of fused-ring (bicyclic) bond motifs is 3. The van der Waals surface area contributed by atoms with Crippen LogP contribution in [0, 0.1) is 16.7 Å². The molecule has 0 amide bonds. The summed E-state index contributed by atoms with van der Waals surface area (Å²) in [4.78, 5) is 8.20. The molecule has 1 heterocycles. The lowest BCUT2D eigenvalue weighted by atomic mass is 9.81. The van der Waals surface area contributed by atoms with Crippen molar-refractivity contribution in [2.75, 3.05) is 0 Å². The fraction of sp³-hybridized carbons (Fsp3) is 0.0577. The topological polar surface area (TPSA) is 75.8 Å². The summed E-state index contributed by atoms with van der Waals surface area (Å²) in [7, 11) is 0. The van der Waals surface area contributed by atoms with E-state index in [-0.39, 0.29) is 11.3 Å². The van der Waals surface area contributed by atoms with Crippen molar-refractivity contribution in [3.63, 3.8) is 0 Å². The summed E-state index contributed by atoms with van der Waals surface area (Å²) in [6, 6.07) is 63.1. The molecule has 4 nitrogen and oxygen atoms in total. The van der Waals surface area contributed by atoms with Gasteiger partial charge in [0, 0.05) is 22.7 Å². The van der Waals surface area contributed by atoms with E-state index in [1.807, 2.05) is 72.9 Å². The summed E-state index contributed by atoms with van der Waals surface area (Å²) in [6.45, 7) is 4.49. The van der Waals surface area contributed by atoms with Gasteiger partial charge in [0.25, 0.3) is 0 Å². The number of nitrogens with zero attached hydrogens (tertiary/aromatic N) is 2. The molecular formula is C52H38N4. The average molecular weight is 719 g/mol. The van der Waals surface area contributed by atoms with Crippen LogP contribution in [-0.2, 0) is 5.41 Å². The number of rotatable bonds is 6. The minimum atomic E-state index is -0.177. The maximum atomic E-state index is 9.49. The summed E-state index contributed by atoms with van der Waals surface area (Å²) >= 11 is 0. The van der Waals surface area contributed by atoms with Gasteiger partial charge in [0.05, 0.1) is 11.6 Å². The number of nitrogens with one attached hydrogen (secondary N) is 2. The molecule has 0 spiro atoms. The molecule has 4 heteroatoms. The van der Waals surface area contributed by atoms with Gasteiger partial charge in [-0.05, 0) is 103 Å². The van der Waals surface area contributed by atoms with Gasteiger partial charge in [-0.25, -0.2) is 4.99 Å². The second-order valence-electron chi connectivity index (χ2n) is 14.8. The number of hydrogen-bond acceptors (Lipinski definition) is 2. The molecule has 9 rings (SSSR count). The molecule has 56 heavy (non-hydrogen) atoms. The number of amidine groups is 1. The Bertz CT molecular complexity index is 2880. The second kappa shape index (κ2) is 14.1. The molecule has 0 fully saturated rings. The Morgan fingerprint density at radius 2 is 1.00 bits per heavy atom. The molecule has 1 aliphatic rings. The molecule has 7 aromatic carbocycles. The van der Waals surface area contributed by atoms with Crippen molar-refractivity contribution in [1.29, 1.82) is 10.7 Å². The Morgan fingerprint density at radius 3 is 1.62 bits per heavy atom. The van der Waals surface area contributed by atoms with E-state index in [0.29, 0.717) is 11.1 Å². The number of aromatic nitrogens is 1. The van der Waals surface area contributed by atoms with Gasteiger partial charge in [0.2, 0.25) is 0 Å². The first kappa shape index (κ1) is 34.4. The highest BCUT2D eigenvalue weighted by Crippen LogP contribution is 2.50. The third-order valence-corrected chi connectivity index (χ3v) is 11.0. The normalized spacial score (nSPS) is 12.8. The lowest BCUT2D eigenvalue weighted by Gasteiger charge is -2.22. The molecule has 1 aliphatic carbocycles. The first-order chi connectivity index (χ1) is 27.4. The van der Waals surface area contributed by atoms with Crippen LogP contribution < -0.4 is 5.49 Å². The van der Waals surface area contributed by atoms with E-state index < -0.39 is 0 Å². The summed E-state index contributed by atoms with van der Waals surface area (Å²) in [5.74, 6) is 0.189. The molecular weight excluding hydrogens is 681 g/mol. The fourth-order valence-electron chi connectivity index (χ4n) is 7.94. The van der Waals surface area contributed by atoms with E-state index in [0.717, 1.165) is 50.1 Å². The zero-order valence-corrected chi connectivity index (χ0v) is 31.2. The van der Waals surface area contributed by atoms with Crippen LogP contribution in [0.15, 0.2) is 187 Å². The van der Waals surface area contributed by atoms with E-state index >= 15 is 0 Å². The molecule has 0 bridgehead atoms. The Morgan fingerprint density at radius 1 is 0.500 bits per heavy atom. The molecule has 0 unspecified atom stereocenters. The molecule has 2 N–H and O–H groups in total. The minimum absolute atomic E-state index is 0.177. The largest absolute Gasteiger partial charge is 0.345 e. The van der Waals surface area contributed by atoms with Gasteiger partial charge >= 0.3 is 0 Å². The highest BCUT2D eigenvalue weighted by atomic mass is 14.9. The van der Waals surface area contributed by atoms with Crippen molar-refractivity contribution in [1.82, 2.24) is 4.98 Å². The lowest BCUT2D eigenvalue weighted by Crippen LogP contribution is -2.15. The lowest BCUT2D eigenvalue weighted by molar-refractivity contribution is 0.660. The third kappa shape index (κ3) is 6.36. The monoisotopic (exact) mass is 718 g/mol. The van der Waals surface area contributed by atoms with Crippen molar-refractivity contribution in [2.45, 2.75) is 19.3 Å². The van der Waals surface area contributed by atoms with Gasteiger partial charge < -0.3 is 4.98 Å². The summed E-state index contributed by atoms with van der Waals surface area (Å²) in [5.41, 5.74) is 17.8. The maximum absolute atomic E-state index is 9.49. The molecule has 0 saturated carbocycles. The molecule has 0 saturated heterocycles. The highest BCUT2D eigenvalue weighted by molar-refractivity contribution is 5.98. The number of nitriles is 1. The quantitative estimate of drug-likeness (QED) is 0.130. The predicted molar refractivity (Wildman–Crippen MR) is 229 cm³/mol.